The summed E-state index contributed by atoms with van der Waals surface area (Å²) in [6.45, 7) is 3.59. The fraction of sp³-hybridized carbons (Fsp3) is 0.214. The molecule has 2 rings (SSSR count). The van der Waals surface area contributed by atoms with E-state index in [2.05, 4.69) is 15.5 Å². The summed E-state index contributed by atoms with van der Waals surface area (Å²) in [6.07, 6.45) is 0.168. The second-order valence-electron chi connectivity index (χ2n) is 4.57. The van der Waals surface area contributed by atoms with Crippen molar-refractivity contribution < 1.29 is 9.72 Å². The Morgan fingerprint density at radius 1 is 1.41 bits per heavy atom. The molecule has 1 N–H and O–H groups in total. The minimum absolute atomic E-state index is 0.0134. The number of carbonyl (C=O) groups is 1. The average Bonchev–Trinajstić information content (AvgIpc) is 2.90. The van der Waals surface area contributed by atoms with Crippen LogP contribution < -0.4 is 5.43 Å². The number of nitro groups is 1. The minimum Gasteiger partial charge on any atom is -0.273 e. The quantitative estimate of drug-likeness (QED) is 0.520. The number of nitrogens with zero attached hydrogens (tertiary/aromatic N) is 3. The van der Waals surface area contributed by atoms with E-state index in [9.17, 15) is 14.9 Å². The van der Waals surface area contributed by atoms with Gasteiger partial charge in [0, 0.05) is 17.5 Å². The van der Waals surface area contributed by atoms with E-state index >= 15 is 0 Å². The summed E-state index contributed by atoms with van der Waals surface area (Å²) in [5, 5.41) is 17.3. The van der Waals surface area contributed by atoms with E-state index in [0.717, 1.165) is 5.01 Å². The van der Waals surface area contributed by atoms with Crippen LogP contribution >= 0.6 is 11.3 Å². The summed E-state index contributed by atoms with van der Waals surface area (Å²) < 4.78 is 0. The predicted molar refractivity (Wildman–Crippen MR) is 84.0 cm³/mol. The number of aromatic nitrogens is 1. The van der Waals surface area contributed by atoms with Gasteiger partial charge in [-0.05, 0) is 31.5 Å². The molecular weight excluding hydrogens is 304 g/mol. The highest BCUT2D eigenvalue weighted by molar-refractivity contribution is 7.09. The van der Waals surface area contributed by atoms with Gasteiger partial charge in [-0.2, -0.15) is 5.10 Å². The van der Waals surface area contributed by atoms with Crippen molar-refractivity contribution in [2.75, 3.05) is 0 Å². The van der Waals surface area contributed by atoms with Gasteiger partial charge in [0.25, 0.3) is 5.69 Å². The van der Waals surface area contributed by atoms with Crippen molar-refractivity contribution in [1.29, 1.82) is 0 Å². The van der Waals surface area contributed by atoms with Crippen LogP contribution in [0.25, 0.3) is 0 Å². The number of hydrazone groups is 1. The monoisotopic (exact) mass is 318 g/mol. The molecule has 1 aromatic carbocycles. The van der Waals surface area contributed by atoms with Crippen LogP contribution in [0.2, 0.25) is 0 Å². The first-order valence-electron chi connectivity index (χ1n) is 6.44. The van der Waals surface area contributed by atoms with Gasteiger partial charge < -0.3 is 0 Å². The number of aryl methyl sites for hydroxylation is 1. The predicted octanol–water partition coefficient (Wildman–Crippen LogP) is 2.44. The Balaban J connectivity index is 1.96. The maximum absolute atomic E-state index is 11.8. The minimum atomic E-state index is -0.464. The summed E-state index contributed by atoms with van der Waals surface area (Å²) >= 11 is 1.49. The van der Waals surface area contributed by atoms with Crippen molar-refractivity contribution in [2.45, 2.75) is 20.3 Å². The SMILES string of the molecule is CC(=NNC(=O)Cc1csc(C)n1)c1ccc([N+](=O)[O-])cc1. The van der Waals surface area contributed by atoms with Crippen LogP contribution in [-0.4, -0.2) is 21.5 Å². The van der Waals surface area contributed by atoms with Crippen LogP contribution in [0.3, 0.4) is 0 Å². The molecule has 8 heteroatoms. The lowest BCUT2D eigenvalue weighted by atomic mass is 10.1. The molecule has 0 saturated heterocycles. The smallest absolute Gasteiger partial charge is 0.269 e. The average molecular weight is 318 g/mol. The van der Waals surface area contributed by atoms with Gasteiger partial charge in [-0.1, -0.05) is 0 Å². The second-order valence-corrected chi connectivity index (χ2v) is 5.63. The third-order valence-corrected chi connectivity index (χ3v) is 3.67. The van der Waals surface area contributed by atoms with Crippen LogP contribution in [0.15, 0.2) is 34.7 Å². The van der Waals surface area contributed by atoms with Crippen molar-refractivity contribution in [3.05, 3.63) is 56.0 Å². The second kappa shape index (κ2) is 6.90. The Morgan fingerprint density at radius 2 is 2.09 bits per heavy atom. The molecule has 114 valence electrons. The molecule has 1 amide bonds. The van der Waals surface area contributed by atoms with Crippen LogP contribution in [-0.2, 0) is 11.2 Å². The highest BCUT2D eigenvalue weighted by Crippen LogP contribution is 2.12. The van der Waals surface area contributed by atoms with Gasteiger partial charge in [0.1, 0.15) is 0 Å². The number of non-ortho nitro benzene ring substituents is 1. The molecule has 0 aliphatic heterocycles. The van der Waals surface area contributed by atoms with Crippen molar-refractivity contribution >= 4 is 28.6 Å². The van der Waals surface area contributed by atoms with Crippen molar-refractivity contribution in [1.82, 2.24) is 10.4 Å². The largest absolute Gasteiger partial charge is 0.273 e. The molecule has 0 aliphatic rings. The summed E-state index contributed by atoms with van der Waals surface area (Å²) in [5.74, 6) is -0.258. The first kappa shape index (κ1) is 15.8. The Labute approximate surface area is 130 Å². The topological polar surface area (TPSA) is 97.5 Å². The number of hydrogen-bond donors (Lipinski definition) is 1. The molecule has 22 heavy (non-hydrogen) atoms. The Hall–Kier alpha value is -2.61. The first-order valence-corrected chi connectivity index (χ1v) is 7.32. The van der Waals surface area contributed by atoms with Crippen molar-refractivity contribution in [2.24, 2.45) is 5.10 Å². The Bertz CT molecular complexity index is 722. The molecule has 2 aromatic rings. The van der Waals surface area contributed by atoms with E-state index in [1.54, 1.807) is 19.1 Å². The van der Waals surface area contributed by atoms with Crippen LogP contribution in [0.4, 0.5) is 5.69 Å². The lowest BCUT2D eigenvalue weighted by Crippen LogP contribution is -2.21. The summed E-state index contributed by atoms with van der Waals surface area (Å²) in [4.78, 5) is 26.1. The van der Waals surface area contributed by atoms with Crippen molar-refractivity contribution in [3.63, 3.8) is 0 Å². The van der Waals surface area contributed by atoms with E-state index in [-0.39, 0.29) is 18.0 Å². The van der Waals surface area contributed by atoms with E-state index in [1.165, 1.54) is 23.5 Å². The van der Waals surface area contributed by atoms with Gasteiger partial charge in [0.15, 0.2) is 0 Å². The molecule has 0 bridgehead atoms. The standard InChI is InChI=1S/C14H14N4O3S/c1-9(11-3-5-13(6-4-11)18(20)21)16-17-14(19)7-12-8-22-10(2)15-12/h3-6,8H,7H2,1-2H3,(H,17,19). The van der Waals surface area contributed by atoms with Crippen molar-refractivity contribution in [3.8, 4) is 0 Å². The zero-order chi connectivity index (χ0) is 16.1. The number of carbonyl (C=O) groups excluding carboxylic acids is 1. The zero-order valence-electron chi connectivity index (χ0n) is 12.1. The maximum atomic E-state index is 11.8. The third-order valence-electron chi connectivity index (χ3n) is 2.85. The fourth-order valence-corrected chi connectivity index (χ4v) is 2.34. The number of rotatable bonds is 5. The molecule has 1 aromatic heterocycles. The number of amides is 1. The van der Waals surface area contributed by atoms with Crippen LogP contribution in [0, 0.1) is 17.0 Å². The van der Waals surface area contributed by atoms with Gasteiger partial charge in [-0.3, -0.25) is 14.9 Å². The molecule has 0 aliphatic carbocycles. The number of hydrogen-bond acceptors (Lipinski definition) is 6. The van der Waals surface area contributed by atoms with Gasteiger partial charge in [-0.15, -0.1) is 11.3 Å². The van der Waals surface area contributed by atoms with E-state index in [0.29, 0.717) is 17.0 Å². The fourth-order valence-electron chi connectivity index (χ4n) is 1.73. The molecule has 0 unspecified atom stereocenters. The zero-order valence-corrected chi connectivity index (χ0v) is 12.9. The normalized spacial score (nSPS) is 11.3. The lowest BCUT2D eigenvalue weighted by molar-refractivity contribution is -0.384. The summed E-state index contributed by atoms with van der Waals surface area (Å²) in [7, 11) is 0. The molecule has 7 nitrogen and oxygen atoms in total. The number of nitro benzene ring substituents is 1. The first-order chi connectivity index (χ1) is 10.5. The molecule has 0 spiro atoms. The van der Waals surface area contributed by atoms with E-state index in [1.807, 2.05) is 12.3 Å². The molecule has 0 saturated carbocycles. The number of thiazole rings is 1. The van der Waals surface area contributed by atoms with Gasteiger partial charge >= 0.3 is 0 Å². The van der Waals surface area contributed by atoms with Gasteiger partial charge in [-0.25, -0.2) is 10.4 Å². The van der Waals surface area contributed by atoms with Gasteiger partial charge in [0.2, 0.25) is 5.91 Å². The number of nitrogens with one attached hydrogen (secondary N) is 1. The molecular formula is C14H14N4O3S. The lowest BCUT2D eigenvalue weighted by Gasteiger charge is -2.02. The van der Waals surface area contributed by atoms with Gasteiger partial charge in [0.05, 0.1) is 27.8 Å². The Morgan fingerprint density at radius 3 is 2.64 bits per heavy atom. The molecule has 1 heterocycles. The number of benzene rings is 1. The van der Waals surface area contributed by atoms with Crippen LogP contribution in [0.5, 0.6) is 0 Å². The molecule has 0 radical (unpaired) electrons. The summed E-state index contributed by atoms with van der Waals surface area (Å²) in [5.41, 5.74) is 4.45. The third kappa shape index (κ3) is 4.19. The van der Waals surface area contributed by atoms with E-state index < -0.39 is 4.92 Å². The Kier molecular flexibility index (Phi) is 4.95. The highest BCUT2D eigenvalue weighted by Gasteiger charge is 2.07. The maximum Gasteiger partial charge on any atom is 0.269 e. The van der Waals surface area contributed by atoms with E-state index in [4.69, 9.17) is 0 Å². The van der Waals surface area contributed by atoms with Crippen LogP contribution in [0.1, 0.15) is 23.2 Å². The highest BCUT2D eigenvalue weighted by atomic mass is 32.1. The molecule has 0 atom stereocenters. The summed E-state index contributed by atoms with van der Waals surface area (Å²) in [6, 6.07) is 5.97. The molecule has 0 fully saturated rings.